The maximum atomic E-state index is 5.70. The molecule has 0 bridgehead atoms. The lowest BCUT2D eigenvalue weighted by molar-refractivity contribution is 1.44. The van der Waals surface area contributed by atoms with Gasteiger partial charge in [0, 0.05) is 0 Å². The van der Waals surface area contributed by atoms with Crippen LogP contribution < -0.4 is 5.50 Å². The highest BCUT2D eigenvalue weighted by molar-refractivity contribution is 7.38. The van der Waals surface area contributed by atoms with Crippen LogP contribution in [0.5, 0.6) is 0 Å². The zero-order chi connectivity index (χ0) is 7.28. The minimum absolute atomic E-state index is 0.0250. The molecule has 0 aromatic carbocycles. The minimum Gasteiger partial charge on any atom is -0.311 e. The van der Waals surface area contributed by atoms with Crippen molar-refractivity contribution in [3.63, 3.8) is 0 Å². The number of hydrogen-bond acceptors (Lipinski definition) is 1. The second-order valence-electron chi connectivity index (χ2n) is 1.68. The molecule has 0 rings (SSSR count). The molecular formula is C6H11ClNP. The van der Waals surface area contributed by atoms with Crippen LogP contribution in [0.1, 0.15) is 6.92 Å². The maximum absolute atomic E-state index is 5.70. The van der Waals surface area contributed by atoms with Gasteiger partial charge >= 0.3 is 0 Å². The van der Waals surface area contributed by atoms with Gasteiger partial charge in [0.05, 0.1) is 5.12 Å². The Balaban J connectivity index is 3.78. The molecule has 2 unspecified atom stereocenters. The van der Waals surface area contributed by atoms with Crippen molar-refractivity contribution in [1.29, 1.82) is 0 Å². The van der Waals surface area contributed by atoms with E-state index in [1.807, 2.05) is 13.0 Å². The Hall–Kier alpha value is 0.160. The van der Waals surface area contributed by atoms with Crippen LogP contribution in [0.3, 0.4) is 0 Å². The van der Waals surface area contributed by atoms with Crippen molar-refractivity contribution in [2.24, 2.45) is 5.50 Å². The van der Waals surface area contributed by atoms with Gasteiger partial charge in [0.25, 0.3) is 0 Å². The van der Waals surface area contributed by atoms with Crippen molar-refractivity contribution in [2.75, 3.05) is 0 Å². The standard InChI is InChI=1S/C6H11ClNP/c1-3-5(2)4-6(7)9-8/h3-4,6,9H,1,8H2,2H3/b5-4+. The Morgan fingerprint density at radius 1 is 1.89 bits per heavy atom. The number of allylic oxidation sites excluding steroid dienone is 3. The Morgan fingerprint density at radius 3 is 2.78 bits per heavy atom. The highest BCUT2D eigenvalue weighted by Crippen LogP contribution is 2.17. The monoisotopic (exact) mass is 163 g/mol. The molecule has 0 fully saturated rings. The quantitative estimate of drug-likeness (QED) is 0.386. The molecule has 0 saturated heterocycles. The molecule has 0 heterocycles. The van der Waals surface area contributed by atoms with E-state index in [1.165, 1.54) is 0 Å². The van der Waals surface area contributed by atoms with Gasteiger partial charge in [-0.25, -0.2) is 0 Å². The molecular weight excluding hydrogens is 152 g/mol. The lowest BCUT2D eigenvalue weighted by Gasteiger charge is -1.97. The summed E-state index contributed by atoms with van der Waals surface area (Å²) in [5.41, 5.74) is 6.37. The summed E-state index contributed by atoms with van der Waals surface area (Å²) in [6, 6.07) is 0. The average Bonchev–Trinajstić information content (AvgIpc) is 1.87. The van der Waals surface area contributed by atoms with E-state index in [4.69, 9.17) is 17.1 Å². The van der Waals surface area contributed by atoms with Crippen LogP contribution in [0.4, 0.5) is 0 Å². The topological polar surface area (TPSA) is 26.0 Å². The largest absolute Gasteiger partial charge is 0.311 e. The van der Waals surface area contributed by atoms with Crippen molar-refractivity contribution in [3.05, 3.63) is 24.3 Å². The first-order valence-corrected chi connectivity index (χ1v) is 4.21. The maximum Gasteiger partial charge on any atom is 0.0821 e. The van der Waals surface area contributed by atoms with Crippen LogP contribution in [-0.2, 0) is 0 Å². The third-order valence-corrected chi connectivity index (χ3v) is 1.88. The molecule has 0 spiro atoms. The molecule has 0 aliphatic rings. The van der Waals surface area contributed by atoms with E-state index in [-0.39, 0.29) is 13.8 Å². The van der Waals surface area contributed by atoms with Crippen LogP contribution in [0.2, 0.25) is 0 Å². The van der Waals surface area contributed by atoms with Gasteiger partial charge in [0.1, 0.15) is 0 Å². The molecule has 0 aromatic heterocycles. The van der Waals surface area contributed by atoms with Gasteiger partial charge in [0.15, 0.2) is 0 Å². The van der Waals surface area contributed by atoms with E-state index in [0.29, 0.717) is 0 Å². The van der Waals surface area contributed by atoms with Crippen LogP contribution in [-0.4, -0.2) is 5.12 Å². The van der Waals surface area contributed by atoms with Gasteiger partial charge in [-0.1, -0.05) is 24.3 Å². The molecule has 0 radical (unpaired) electrons. The molecule has 2 N–H and O–H groups in total. The average molecular weight is 164 g/mol. The number of alkyl halides is 1. The lowest BCUT2D eigenvalue weighted by Crippen LogP contribution is -1.88. The Kier molecular flexibility index (Phi) is 5.07. The summed E-state index contributed by atoms with van der Waals surface area (Å²) >= 11 is 5.70. The highest BCUT2D eigenvalue weighted by Gasteiger charge is 1.93. The summed E-state index contributed by atoms with van der Waals surface area (Å²) in [4.78, 5) is 0. The molecule has 1 nitrogen and oxygen atoms in total. The summed E-state index contributed by atoms with van der Waals surface area (Å²) in [6.07, 6.45) is 3.66. The molecule has 0 aliphatic carbocycles. The van der Waals surface area contributed by atoms with Gasteiger partial charge < -0.3 is 5.50 Å². The normalized spacial score (nSPS) is 16.6. The van der Waals surface area contributed by atoms with Gasteiger partial charge in [-0.15, -0.1) is 11.6 Å². The van der Waals surface area contributed by atoms with E-state index >= 15 is 0 Å². The Labute approximate surface area is 62.8 Å². The summed E-state index contributed by atoms with van der Waals surface area (Å²) in [6.45, 7) is 5.53. The fraction of sp³-hybridized carbons (Fsp3) is 0.333. The zero-order valence-corrected chi connectivity index (χ0v) is 7.15. The van der Waals surface area contributed by atoms with Gasteiger partial charge in [0.2, 0.25) is 0 Å². The van der Waals surface area contributed by atoms with Crippen molar-refractivity contribution >= 4 is 20.3 Å². The van der Waals surface area contributed by atoms with E-state index < -0.39 is 0 Å². The van der Waals surface area contributed by atoms with Gasteiger partial charge in [-0.05, 0) is 15.7 Å². The third-order valence-electron chi connectivity index (χ3n) is 0.890. The molecule has 0 saturated carbocycles. The Bertz CT molecular complexity index is 122. The van der Waals surface area contributed by atoms with Crippen molar-refractivity contribution < 1.29 is 0 Å². The lowest BCUT2D eigenvalue weighted by atomic mass is 10.3. The summed E-state index contributed by atoms with van der Waals surface area (Å²) in [7, 11) is 0.269. The molecule has 2 atom stereocenters. The summed E-state index contributed by atoms with van der Waals surface area (Å²) in [5.74, 6) is 0. The second kappa shape index (κ2) is 4.99. The zero-order valence-electron chi connectivity index (χ0n) is 5.39. The third kappa shape index (κ3) is 4.65. The molecule has 0 aliphatic heterocycles. The van der Waals surface area contributed by atoms with E-state index in [2.05, 4.69) is 6.58 Å². The molecule has 0 aromatic rings. The first-order chi connectivity index (χ1) is 4.20. The smallest absolute Gasteiger partial charge is 0.0821 e. The van der Waals surface area contributed by atoms with Crippen LogP contribution in [0.15, 0.2) is 24.3 Å². The first-order valence-electron chi connectivity index (χ1n) is 2.61. The molecule has 3 heteroatoms. The fourth-order valence-corrected chi connectivity index (χ4v) is 0.905. The Morgan fingerprint density at radius 2 is 2.44 bits per heavy atom. The predicted molar refractivity (Wildman–Crippen MR) is 46.1 cm³/mol. The number of hydrogen-bond donors (Lipinski definition) is 1. The van der Waals surface area contributed by atoms with E-state index in [1.54, 1.807) is 6.08 Å². The molecule has 52 valence electrons. The van der Waals surface area contributed by atoms with Crippen molar-refractivity contribution in [2.45, 2.75) is 12.0 Å². The SMILES string of the molecule is C=C/C(C)=C/C(Cl)PN. The van der Waals surface area contributed by atoms with Crippen molar-refractivity contribution in [3.8, 4) is 0 Å². The van der Waals surface area contributed by atoms with E-state index in [0.717, 1.165) is 5.57 Å². The summed E-state index contributed by atoms with van der Waals surface area (Å²) in [5, 5.41) is -0.0250. The van der Waals surface area contributed by atoms with Crippen LogP contribution in [0, 0.1) is 0 Å². The predicted octanol–water partition coefficient (Wildman–Crippen LogP) is 2.24. The summed E-state index contributed by atoms with van der Waals surface area (Å²) < 4.78 is 0. The van der Waals surface area contributed by atoms with Gasteiger partial charge in [-0.2, -0.15) is 0 Å². The minimum atomic E-state index is -0.0250. The molecule has 0 amide bonds. The van der Waals surface area contributed by atoms with E-state index in [9.17, 15) is 0 Å². The number of nitrogens with two attached hydrogens (primary N) is 1. The second-order valence-corrected chi connectivity index (χ2v) is 3.47. The van der Waals surface area contributed by atoms with Gasteiger partial charge in [-0.3, -0.25) is 0 Å². The molecule has 9 heavy (non-hydrogen) atoms. The fourth-order valence-electron chi connectivity index (χ4n) is 0.347. The number of rotatable bonds is 3. The first kappa shape index (κ1) is 9.16. The van der Waals surface area contributed by atoms with Crippen LogP contribution in [0.25, 0.3) is 0 Å². The van der Waals surface area contributed by atoms with Crippen LogP contribution >= 0.6 is 20.3 Å². The number of halogens is 1. The van der Waals surface area contributed by atoms with Crippen molar-refractivity contribution in [1.82, 2.24) is 0 Å². The highest BCUT2D eigenvalue weighted by atomic mass is 35.5.